The number of pyridine rings is 1. The average molecular weight is 236 g/mol. The molecular weight excluding hydrogens is 222 g/mol. The van der Waals surface area contributed by atoms with E-state index in [-0.39, 0.29) is 0 Å². The molecule has 0 atom stereocenters. The van der Waals surface area contributed by atoms with Crippen molar-refractivity contribution in [3.05, 3.63) is 34.0 Å². The Morgan fingerprint density at radius 1 is 1.19 bits per heavy atom. The fraction of sp³-hybridized carbons (Fsp3) is 0.308. The van der Waals surface area contributed by atoms with Gasteiger partial charge in [0.1, 0.15) is 5.75 Å². The van der Waals surface area contributed by atoms with Crippen LogP contribution >= 0.6 is 11.6 Å². The summed E-state index contributed by atoms with van der Waals surface area (Å²) < 4.78 is 5.28. The van der Waals surface area contributed by atoms with Crippen molar-refractivity contribution in [2.75, 3.05) is 7.11 Å². The van der Waals surface area contributed by atoms with Gasteiger partial charge < -0.3 is 4.74 Å². The lowest BCUT2D eigenvalue weighted by atomic mass is 10.1. The minimum absolute atomic E-state index is 0.785. The first-order chi connectivity index (χ1) is 7.54. The molecule has 2 aromatic rings. The summed E-state index contributed by atoms with van der Waals surface area (Å²) in [6.45, 7) is 5.96. The molecule has 1 aromatic carbocycles. The Bertz CT molecular complexity index is 564. The van der Waals surface area contributed by atoms with Gasteiger partial charge in [0.05, 0.1) is 17.6 Å². The first-order valence-corrected chi connectivity index (χ1v) is 5.53. The molecule has 2 nitrogen and oxygen atoms in total. The zero-order valence-electron chi connectivity index (χ0n) is 9.89. The maximum absolute atomic E-state index is 6.32. The second-order valence-electron chi connectivity index (χ2n) is 3.98. The van der Waals surface area contributed by atoms with Gasteiger partial charge in [-0.1, -0.05) is 11.6 Å². The van der Waals surface area contributed by atoms with E-state index < -0.39 is 0 Å². The summed E-state index contributed by atoms with van der Waals surface area (Å²) in [6, 6.07) is 3.96. The number of hydrogen-bond acceptors (Lipinski definition) is 2. The van der Waals surface area contributed by atoms with Gasteiger partial charge in [-0.25, -0.2) is 0 Å². The van der Waals surface area contributed by atoms with Crippen molar-refractivity contribution in [2.45, 2.75) is 20.8 Å². The quantitative estimate of drug-likeness (QED) is 0.750. The Labute approximate surface area is 100 Å². The van der Waals surface area contributed by atoms with Crippen LogP contribution in [0.2, 0.25) is 5.02 Å². The standard InChI is InChI=1S/C13H14ClNO/c1-7-5-10-11(6-12(7)16-4)15-9(3)8(2)13(10)14/h5-6H,1-4H3. The first kappa shape index (κ1) is 11.2. The van der Waals surface area contributed by atoms with Gasteiger partial charge in [0, 0.05) is 17.1 Å². The van der Waals surface area contributed by atoms with E-state index in [4.69, 9.17) is 16.3 Å². The van der Waals surface area contributed by atoms with Crippen molar-refractivity contribution in [1.29, 1.82) is 0 Å². The molecular formula is C13H14ClNO. The number of ether oxygens (including phenoxy) is 1. The second-order valence-corrected chi connectivity index (χ2v) is 4.35. The molecule has 0 saturated carbocycles. The summed E-state index contributed by atoms with van der Waals surface area (Å²) in [5.74, 6) is 0.847. The number of benzene rings is 1. The summed E-state index contributed by atoms with van der Waals surface area (Å²) in [6.07, 6.45) is 0. The molecule has 0 bridgehead atoms. The van der Waals surface area contributed by atoms with Crippen LogP contribution in [0.1, 0.15) is 16.8 Å². The highest BCUT2D eigenvalue weighted by Crippen LogP contribution is 2.31. The van der Waals surface area contributed by atoms with Crippen LogP contribution in [-0.2, 0) is 0 Å². The molecule has 0 N–H and O–H groups in total. The third-order valence-electron chi connectivity index (χ3n) is 2.91. The van der Waals surface area contributed by atoms with Crippen LogP contribution in [-0.4, -0.2) is 12.1 Å². The summed E-state index contributed by atoms with van der Waals surface area (Å²) >= 11 is 6.32. The van der Waals surface area contributed by atoms with E-state index in [9.17, 15) is 0 Å². The van der Waals surface area contributed by atoms with Crippen LogP contribution in [0, 0.1) is 20.8 Å². The molecule has 16 heavy (non-hydrogen) atoms. The van der Waals surface area contributed by atoms with Gasteiger partial charge in [-0.15, -0.1) is 0 Å². The molecule has 2 rings (SSSR count). The number of aryl methyl sites for hydroxylation is 2. The third kappa shape index (κ3) is 1.63. The molecule has 84 valence electrons. The molecule has 3 heteroatoms. The number of nitrogens with zero attached hydrogens (tertiary/aromatic N) is 1. The summed E-state index contributed by atoms with van der Waals surface area (Å²) in [5, 5.41) is 1.77. The summed E-state index contributed by atoms with van der Waals surface area (Å²) in [7, 11) is 1.66. The highest BCUT2D eigenvalue weighted by molar-refractivity contribution is 6.36. The molecule has 0 aliphatic carbocycles. The van der Waals surface area contributed by atoms with Crippen molar-refractivity contribution in [2.24, 2.45) is 0 Å². The molecule has 0 saturated heterocycles. The zero-order valence-corrected chi connectivity index (χ0v) is 10.6. The highest BCUT2D eigenvalue weighted by Gasteiger charge is 2.10. The van der Waals surface area contributed by atoms with E-state index in [1.165, 1.54) is 0 Å². The van der Waals surface area contributed by atoms with Crippen LogP contribution in [0.3, 0.4) is 0 Å². The highest BCUT2D eigenvalue weighted by atomic mass is 35.5. The van der Waals surface area contributed by atoms with Gasteiger partial charge in [0.25, 0.3) is 0 Å². The van der Waals surface area contributed by atoms with E-state index in [0.29, 0.717) is 0 Å². The van der Waals surface area contributed by atoms with Crippen molar-refractivity contribution in [3.8, 4) is 5.75 Å². The van der Waals surface area contributed by atoms with E-state index >= 15 is 0 Å². The molecule has 0 spiro atoms. The van der Waals surface area contributed by atoms with Crippen LogP contribution < -0.4 is 4.74 Å². The number of fused-ring (bicyclic) bond motifs is 1. The Hall–Kier alpha value is -1.28. The Morgan fingerprint density at radius 2 is 1.88 bits per heavy atom. The van der Waals surface area contributed by atoms with Gasteiger partial charge in [-0.3, -0.25) is 4.98 Å². The van der Waals surface area contributed by atoms with Crippen LogP contribution in [0.25, 0.3) is 10.9 Å². The molecule has 0 amide bonds. The predicted molar refractivity (Wildman–Crippen MR) is 67.5 cm³/mol. The Balaban J connectivity index is 2.86. The van der Waals surface area contributed by atoms with Crippen molar-refractivity contribution < 1.29 is 4.74 Å². The minimum Gasteiger partial charge on any atom is -0.496 e. The van der Waals surface area contributed by atoms with E-state index in [0.717, 1.165) is 38.5 Å². The lowest BCUT2D eigenvalue weighted by Crippen LogP contribution is -1.93. The van der Waals surface area contributed by atoms with E-state index in [1.807, 2.05) is 32.9 Å². The fourth-order valence-electron chi connectivity index (χ4n) is 1.79. The monoisotopic (exact) mass is 235 g/mol. The second kappa shape index (κ2) is 3.95. The minimum atomic E-state index is 0.785. The number of rotatable bonds is 1. The van der Waals surface area contributed by atoms with Gasteiger partial charge in [-0.05, 0) is 38.0 Å². The van der Waals surface area contributed by atoms with Crippen LogP contribution in [0.15, 0.2) is 12.1 Å². The lowest BCUT2D eigenvalue weighted by molar-refractivity contribution is 0.412. The molecule has 0 aliphatic rings. The molecule has 1 aromatic heterocycles. The van der Waals surface area contributed by atoms with Crippen molar-refractivity contribution in [1.82, 2.24) is 4.98 Å². The Kier molecular flexibility index (Phi) is 2.76. The molecule has 1 heterocycles. The molecule has 0 unspecified atom stereocenters. The van der Waals surface area contributed by atoms with E-state index in [2.05, 4.69) is 4.98 Å². The van der Waals surface area contributed by atoms with Crippen molar-refractivity contribution in [3.63, 3.8) is 0 Å². The third-order valence-corrected chi connectivity index (χ3v) is 3.40. The van der Waals surface area contributed by atoms with Crippen LogP contribution in [0.5, 0.6) is 5.75 Å². The maximum Gasteiger partial charge on any atom is 0.123 e. The fourth-order valence-corrected chi connectivity index (χ4v) is 2.08. The Morgan fingerprint density at radius 3 is 2.50 bits per heavy atom. The summed E-state index contributed by atoms with van der Waals surface area (Å²) in [4.78, 5) is 4.52. The number of halogens is 1. The molecule has 0 aliphatic heterocycles. The topological polar surface area (TPSA) is 22.1 Å². The van der Waals surface area contributed by atoms with E-state index in [1.54, 1.807) is 7.11 Å². The number of aromatic nitrogens is 1. The number of methoxy groups -OCH3 is 1. The largest absolute Gasteiger partial charge is 0.496 e. The smallest absolute Gasteiger partial charge is 0.123 e. The lowest BCUT2D eigenvalue weighted by Gasteiger charge is -2.10. The average Bonchev–Trinajstić information content (AvgIpc) is 2.27. The maximum atomic E-state index is 6.32. The summed E-state index contributed by atoms with van der Waals surface area (Å²) in [5.41, 5.74) is 3.96. The van der Waals surface area contributed by atoms with Gasteiger partial charge >= 0.3 is 0 Å². The van der Waals surface area contributed by atoms with Gasteiger partial charge in [0.15, 0.2) is 0 Å². The zero-order chi connectivity index (χ0) is 11.9. The SMILES string of the molecule is COc1cc2nc(C)c(C)c(Cl)c2cc1C. The van der Waals surface area contributed by atoms with Crippen molar-refractivity contribution >= 4 is 22.5 Å². The molecule has 0 radical (unpaired) electrons. The van der Waals surface area contributed by atoms with Gasteiger partial charge in [0.2, 0.25) is 0 Å². The predicted octanol–water partition coefficient (Wildman–Crippen LogP) is 3.82. The van der Waals surface area contributed by atoms with Crippen LogP contribution in [0.4, 0.5) is 0 Å². The van der Waals surface area contributed by atoms with Gasteiger partial charge in [-0.2, -0.15) is 0 Å². The number of hydrogen-bond donors (Lipinski definition) is 0. The molecule has 0 fully saturated rings. The first-order valence-electron chi connectivity index (χ1n) is 5.15. The normalized spacial score (nSPS) is 10.8.